The lowest BCUT2D eigenvalue weighted by molar-refractivity contribution is -0.122. The minimum Gasteiger partial charge on any atom is -0.325 e. The minimum atomic E-state index is -1.13. The van der Waals surface area contributed by atoms with Gasteiger partial charge in [0.05, 0.1) is 6.07 Å². The number of benzene rings is 1. The van der Waals surface area contributed by atoms with E-state index in [1.807, 2.05) is 31.2 Å². The van der Waals surface area contributed by atoms with Crippen LogP contribution in [-0.4, -0.2) is 5.91 Å². The second-order valence-electron chi connectivity index (χ2n) is 4.50. The van der Waals surface area contributed by atoms with Gasteiger partial charge in [-0.05, 0) is 31.9 Å². The number of carbonyl (C=O) groups is 1. The first kappa shape index (κ1) is 14.7. The van der Waals surface area contributed by atoms with E-state index in [9.17, 15) is 10.1 Å². The average Bonchev–Trinajstić information content (AvgIpc) is 2.41. The molecule has 0 aliphatic heterocycles. The summed E-state index contributed by atoms with van der Waals surface area (Å²) in [5.74, 6) is -0.321. The third-order valence-corrected chi connectivity index (χ3v) is 2.94. The van der Waals surface area contributed by atoms with E-state index in [0.29, 0.717) is 18.5 Å². The second-order valence-corrected chi connectivity index (χ2v) is 4.50. The molecule has 0 aliphatic carbocycles. The highest BCUT2D eigenvalue weighted by Crippen LogP contribution is 2.29. The molecule has 1 rings (SSSR count). The fraction of sp³-hybridized carbons (Fsp3) is 0.250. The van der Waals surface area contributed by atoms with Crippen molar-refractivity contribution in [2.24, 2.45) is 5.41 Å². The van der Waals surface area contributed by atoms with Gasteiger partial charge >= 0.3 is 0 Å². The minimum absolute atomic E-state index is 0.299. The van der Waals surface area contributed by atoms with Gasteiger partial charge < -0.3 is 5.32 Å². The number of hydrogen-bond donors (Lipinski definition) is 1. The van der Waals surface area contributed by atoms with E-state index in [4.69, 9.17) is 0 Å². The van der Waals surface area contributed by atoms with Crippen LogP contribution in [0.15, 0.2) is 49.6 Å². The first-order valence-corrected chi connectivity index (χ1v) is 6.09. The molecule has 0 radical (unpaired) electrons. The smallest absolute Gasteiger partial charge is 0.245 e. The summed E-state index contributed by atoms with van der Waals surface area (Å²) in [5, 5.41) is 12.1. The summed E-state index contributed by atoms with van der Waals surface area (Å²) < 4.78 is 0. The van der Waals surface area contributed by atoms with Crippen LogP contribution in [0.1, 0.15) is 18.4 Å². The van der Waals surface area contributed by atoms with Crippen molar-refractivity contribution in [3.8, 4) is 6.07 Å². The Morgan fingerprint density at radius 2 is 1.84 bits per heavy atom. The molecule has 3 heteroatoms. The number of rotatable bonds is 6. The van der Waals surface area contributed by atoms with E-state index >= 15 is 0 Å². The molecule has 1 N–H and O–H groups in total. The summed E-state index contributed by atoms with van der Waals surface area (Å²) in [4.78, 5) is 12.3. The maximum Gasteiger partial charge on any atom is 0.245 e. The lowest BCUT2D eigenvalue weighted by Gasteiger charge is -2.22. The number of carbonyl (C=O) groups excluding carboxylic acids is 1. The van der Waals surface area contributed by atoms with Crippen LogP contribution in [0, 0.1) is 23.7 Å². The largest absolute Gasteiger partial charge is 0.325 e. The third kappa shape index (κ3) is 3.56. The van der Waals surface area contributed by atoms with Crippen molar-refractivity contribution in [2.45, 2.75) is 19.8 Å². The van der Waals surface area contributed by atoms with E-state index < -0.39 is 5.41 Å². The van der Waals surface area contributed by atoms with Crippen molar-refractivity contribution in [3.63, 3.8) is 0 Å². The monoisotopic (exact) mass is 254 g/mol. The van der Waals surface area contributed by atoms with Crippen LogP contribution in [0.3, 0.4) is 0 Å². The molecule has 3 nitrogen and oxygen atoms in total. The molecule has 0 aromatic heterocycles. The van der Waals surface area contributed by atoms with Crippen molar-refractivity contribution in [2.75, 3.05) is 5.32 Å². The van der Waals surface area contributed by atoms with E-state index in [1.54, 1.807) is 12.2 Å². The molecule has 19 heavy (non-hydrogen) atoms. The van der Waals surface area contributed by atoms with Crippen LogP contribution in [0.4, 0.5) is 5.69 Å². The highest BCUT2D eigenvalue weighted by atomic mass is 16.2. The number of allylic oxidation sites excluding steroid dienone is 2. The number of anilines is 1. The Labute approximate surface area is 114 Å². The van der Waals surface area contributed by atoms with Crippen LogP contribution in [0.2, 0.25) is 0 Å². The molecule has 0 atom stereocenters. The number of nitrogens with zero attached hydrogens (tertiary/aromatic N) is 1. The fourth-order valence-electron chi connectivity index (χ4n) is 1.79. The van der Waals surface area contributed by atoms with Crippen LogP contribution < -0.4 is 5.32 Å². The lowest BCUT2D eigenvalue weighted by Crippen LogP contribution is -2.34. The van der Waals surface area contributed by atoms with Crippen molar-refractivity contribution >= 4 is 11.6 Å². The average molecular weight is 254 g/mol. The Kier molecular flexibility index (Phi) is 5.08. The molecule has 0 fully saturated rings. The standard InChI is InChI=1S/C16H18N2O/c1-4-10-16(12-17,11-5-2)15(19)18-14-8-6-13(3)7-9-14/h4-9H,1-2,10-11H2,3H3,(H,18,19). The first-order valence-electron chi connectivity index (χ1n) is 6.09. The van der Waals surface area contributed by atoms with Gasteiger partial charge in [0.1, 0.15) is 5.41 Å². The molecule has 0 spiro atoms. The summed E-state index contributed by atoms with van der Waals surface area (Å²) in [6, 6.07) is 9.54. The summed E-state index contributed by atoms with van der Waals surface area (Å²) in [5.41, 5.74) is 0.666. The highest BCUT2D eigenvalue weighted by molar-refractivity contribution is 5.97. The number of hydrogen-bond acceptors (Lipinski definition) is 2. The lowest BCUT2D eigenvalue weighted by atomic mass is 9.81. The topological polar surface area (TPSA) is 52.9 Å². The fourth-order valence-corrected chi connectivity index (χ4v) is 1.79. The van der Waals surface area contributed by atoms with Gasteiger partial charge in [0.2, 0.25) is 5.91 Å². The zero-order valence-electron chi connectivity index (χ0n) is 11.1. The van der Waals surface area contributed by atoms with Gasteiger partial charge in [-0.15, -0.1) is 13.2 Å². The number of nitriles is 1. The Morgan fingerprint density at radius 3 is 2.26 bits per heavy atom. The SMILES string of the molecule is C=CCC(C#N)(CC=C)C(=O)Nc1ccc(C)cc1. The molecule has 0 unspecified atom stereocenters. The Morgan fingerprint density at radius 1 is 1.32 bits per heavy atom. The Bertz CT molecular complexity index is 499. The van der Waals surface area contributed by atoms with Crippen LogP contribution in [0.5, 0.6) is 0 Å². The van der Waals surface area contributed by atoms with E-state index in [2.05, 4.69) is 24.5 Å². The molecule has 0 aliphatic rings. The molecule has 1 aromatic rings. The number of nitrogens with one attached hydrogen (secondary N) is 1. The molecular weight excluding hydrogens is 236 g/mol. The van der Waals surface area contributed by atoms with Crippen molar-refractivity contribution in [1.29, 1.82) is 5.26 Å². The van der Waals surface area contributed by atoms with Crippen molar-refractivity contribution in [3.05, 3.63) is 55.1 Å². The molecule has 0 heterocycles. The van der Waals surface area contributed by atoms with Gasteiger partial charge in [0, 0.05) is 5.69 Å². The van der Waals surface area contributed by atoms with E-state index in [0.717, 1.165) is 5.56 Å². The Balaban J connectivity index is 2.94. The van der Waals surface area contributed by atoms with Gasteiger partial charge in [-0.3, -0.25) is 4.79 Å². The van der Waals surface area contributed by atoms with Crippen molar-refractivity contribution < 1.29 is 4.79 Å². The number of aryl methyl sites for hydroxylation is 1. The molecule has 1 aromatic carbocycles. The van der Waals surface area contributed by atoms with Gasteiger partial charge in [-0.25, -0.2) is 0 Å². The predicted octanol–water partition coefficient (Wildman–Crippen LogP) is 3.60. The highest BCUT2D eigenvalue weighted by Gasteiger charge is 2.36. The third-order valence-electron chi connectivity index (χ3n) is 2.94. The normalized spacial score (nSPS) is 10.3. The predicted molar refractivity (Wildman–Crippen MR) is 77.5 cm³/mol. The summed E-state index contributed by atoms with van der Waals surface area (Å²) >= 11 is 0. The molecule has 0 bridgehead atoms. The van der Waals surface area contributed by atoms with Gasteiger partial charge in [0.25, 0.3) is 0 Å². The molecule has 0 saturated carbocycles. The number of amides is 1. The summed E-state index contributed by atoms with van der Waals surface area (Å²) in [6.07, 6.45) is 3.77. The quantitative estimate of drug-likeness (QED) is 0.789. The molecular formula is C16H18N2O. The van der Waals surface area contributed by atoms with E-state index in [1.165, 1.54) is 0 Å². The van der Waals surface area contributed by atoms with Crippen molar-refractivity contribution in [1.82, 2.24) is 0 Å². The second kappa shape index (κ2) is 6.55. The molecule has 98 valence electrons. The van der Waals surface area contributed by atoms with Gasteiger partial charge in [-0.2, -0.15) is 5.26 Å². The Hall–Kier alpha value is -2.34. The zero-order chi connectivity index (χ0) is 14.3. The maximum absolute atomic E-state index is 12.3. The molecule has 1 amide bonds. The first-order chi connectivity index (χ1) is 9.07. The summed E-state index contributed by atoms with van der Waals surface area (Å²) in [6.45, 7) is 9.20. The van der Waals surface area contributed by atoms with Gasteiger partial charge in [0.15, 0.2) is 0 Å². The van der Waals surface area contributed by atoms with Crippen LogP contribution in [0.25, 0.3) is 0 Å². The van der Waals surface area contributed by atoms with E-state index in [-0.39, 0.29) is 5.91 Å². The van der Waals surface area contributed by atoms with Gasteiger partial charge in [-0.1, -0.05) is 29.8 Å². The van der Waals surface area contributed by atoms with Crippen LogP contribution >= 0.6 is 0 Å². The van der Waals surface area contributed by atoms with Crippen LogP contribution in [-0.2, 0) is 4.79 Å². The summed E-state index contributed by atoms with van der Waals surface area (Å²) in [7, 11) is 0. The molecule has 0 saturated heterocycles. The maximum atomic E-state index is 12.3. The zero-order valence-corrected chi connectivity index (χ0v) is 11.1.